The van der Waals surface area contributed by atoms with Crippen LogP contribution in [0.3, 0.4) is 0 Å². The van der Waals surface area contributed by atoms with Crippen LogP contribution in [0, 0.1) is 12.8 Å². The molecule has 4 nitrogen and oxygen atoms in total. The highest BCUT2D eigenvalue weighted by Gasteiger charge is 2.17. The zero-order valence-electron chi connectivity index (χ0n) is 11.0. The van der Waals surface area contributed by atoms with Gasteiger partial charge in [0.1, 0.15) is 0 Å². The molecule has 0 aliphatic rings. The van der Waals surface area contributed by atoms with Gasteiger partial charge in [0, 0.05) is 0 Å². The van der Waals surface area contributed by atoms with Gasteiger partial charge in [0.15, 0.2) is 0 Å². The molecule has 0 aliphatic heterocycles. The molecule has 0 saturated heterocycles. The lowest BCUT2D eigenvalue weighted by molar-refractivity contribution is 0.0920. The highest BCUT2D eigenvalue weighted by Crippen LogP contribution is 2.14. The van der Waals surface area contributed by atoms with Crippen LogP contribution in [0.4, 0.5) is 0 Å². The maximum atomic E-state index is 11.8. The fraction of sp³-hybridized carbons (Fsp3) is 0.538. The third-order valence-corrected chi connectivity index (χ3v) is 3.76. The Morgan fingerprint density at radius 1 is 1.22 bits per heavy atom. The number of aryl methyl sites for hydroxylation is 1. The first-order valence-corrected chi connectivity index (χ1v) is 7.36. The minimum Gasteiger partial charge on any atom is -0.391 e. The molecule has 0 saturated carbocycles. The van der Waals surface area contributed by atoms with Gasteiger partial charge in [-0.1, -0.05) is 31.5 Å². The van der Waals surface area contributed by atoms with Gasteiger partial charge in [-0.05, 0) is 31.4 Å². The van der Waals surface area contributed by atoms with Crippen molar-refractivity contribution in [1.29, 1.82) is 0 Å². The highest BCUT2D eigenvalue weighted by atomic mass is 32.2. The van der Waals surface area contributed by atoms with E-state index in [1.807, 2.05) is 20.8 Å². The Labute approximate surface area is 109 Å². The third kappa shape index (κ3) is 4.76. The second-order valence-corrected chi connectivity index (χ2v) is 6.45. The van der Waals surface area contributed by atoms with Gasteiger partial charge in [0.25, 0.3) is 10.1 Å². The van der Waals surface area contributed by atoms with Crippen LogP contribution in [0.5, 0.6) is 0 Å². The summed E-state index contributed by atoms with van der Waals surface area (Å²) < 4.78 is 28.4. The van der Waals surface area contributed by atoms with Crippen LogP contribution in [-0.4, -0.2) is 26.2 Å². The lowest BCUT2D eigenvalue weighted by atomic mass is 10.1. The molecule has 0 bridgehead atoms. The SMILES string of the molecule is Cc1ccc(S(=O)(=O)OCC(O)CC(C)C)cc1. The molecule has 1 rings (SSSR count). The smallest absolute Gasteiger partial charge is 0.297 e. The van der Waals surface area contributed by atoms with E-state index in [0.29, 0.717) is 12.3 Å². The number of hydrogen-bond acceptors (Lipinski definition) is 4. The summed E-state index contributed by atoms with van der Waals surface area (Å²) in [6, 6.07) is 6.42. The van der Waals surface area contributed by atoms with E-state index in [-0.39, 0.29) is 11.5 Å². The summed E-state index contributed by atoms with van der Waals surface area (Å²) in [5.41, 5.74) is 0.980. The molecule has 0 aliphatic carbocycles. The molecular weight excluding hydrogens is 252 g/mol. The molecule has 1 unspecified atom stereocenters. The average molecular weight is 272 g/mol. The number of hydrogen-bond donors (Lipinski definition) is 1. The molecule has 1 aromatic carbocycles. The van der Waals surface area contributed by atoms with Crippen molar-refractivity contribution >= 4 is 10.1 Å². The van der Waals surface area contributed by atoms with E-state index in [4.69, 9.17) is 4.18 Å². The van der Waals surface area contributed by atoms with Gasteiger partial charge in [0.2, 0.25) is 0 Å². The van der Waals surface area contributed by atoms with Crippen molar-refractivity contribution in [3.63, 3.8) is 0 Å². The minimum absolute atomic E-state index is 0.116. The van der Waals surface area contributed by atoms with Gasteiger partial charge in [-0.25, -0.2) is 0 Å². The number of benzene rings is 1. The zero-order chi connectivity index (χ0) is 13.8. The maximum Gasteiger partial charge on any atom is 0.297 e. The molecule has 0 fully saturated rings. The molecule has 0 aromatic heterocycles. The number of rotatable bonds is 6. The summed E-state index contributed by atoms with van der Waals surface area (Å²) in [5.74, 6) is 0.297. The summed E-state index contributed by atoms with van der Waals surface area (Å²) >= 11 is 0. The van der Waals surface area contributed by atoms with Crippen LogP contribution in [-0.2, 0) is 14.3 Å². The summed E-state index contributed by atoms with van der Waals surface area (Å²) in [6.45, 7) is 5.59. The molecule has 0 amide bonds. The van der Waals surface area contributed by atoms with Crippen LogP contribution in [0.1, 0.15) is 25.8 Å². The topological polar surface area (TPSA) is 63.6 Å². The second kappa shape index (κ2) is 6.31. The fourth-order valence-electron chi connectivity index (χ4n) is 1.55. The van der Waals surface area contributed by atoms with Crippen LogP contribution < -0.4 is 0 Å². The Kier molecular flexibility index (Phi) is 5.31. The Morgan fingerprint density at radius 3 is 2.28 bits per heavy atom. The monoisotopic (exact) mass is 272 g/mol. The van der Waals surface area contributed by atoms with Gasteiger partial charge in [-0.3, -0.25) is 4.18 Å². The minimum atomic E-state index is -3.77. The van der Waals surface area contributed by atoms with Gasteiger partial charge >= 0.3 is 0 Å². The van der Waals surface area contributed by atoms with Crippen LogP contribution in [0.15, 0.2) is 29.2 Å². The number of aliphatic hydroxyl groups is 1. The van der Waals surface area contributed by atoms with E-state index >= 15 is 0 Å². The lowest BCUT2D eigenvalue weighted by Crippen LogP contribution is -2.20. The number of aliphatic hydroxyl groups excluding tert-OH is 1. The van der Waals surface area contributed by atoms with Crippen molar-refractivity contribution in [2.75, 3.05) is 6.61 Å². The highest BCUT2D eigenvalue weighted by molar-refractivity contribution is 7.86. The summed E-state index contributed by atoms with van der Waals surface area (Å²) in [5, 5.41) is 9.58. The largest absolute Gasteiger partial charge is 0.391 e. The molecule has 0 heterocycles. The first-order valence-electron chi connectivity index (χ1n) is 5.95. The van der Waals surface area contributed by atoms with Crippen molar-refractivity contribution in [1.82, 2.24) is 0 Å². The Bertz CT molecular complexity index is 462. The van der Waals surface area contributed by atoms with E-state index in [9.17, 15) is 13.5 Å². The first-order chi connectivity index (χ1) is 8.31. The standard InChI is InChI=1S/C13H20O4S/c1-10(2)8-12(14)9-17-18(15,16)13-6-4-11(3)5-7-13/h4-7,10,12,14H,8-9H2,1-3H3. The van der Waals surface area contributed by atoms with Gasteiger partial charge < -0.3 is 5.11 Å². The molecule has 1 N–H and O–H groups in total. The molecule has 5 heteroatoms. The van der Waals surface area contributed by atoms with Crippen molar-refractivity contribution in [2.24, 2.45) is 5.92 Å². The van der Waals surface area contributed by atoms with Crippen LogP contribution >= 0.6 is 0 Å². The predicted octanol–water partition coefficient (Wildman–Crippen LogP) is 2.11. The summed E-state index contributed by atoms with van der Waals surface area (Å²) in [4.78, 5) is 0.116. The molecule has 102 valence electrons. The third-order valence-electron chi connectivity index (χ3n) is 2.47. The van der Waals surface area contributed by atoms with E-state index in [1.54, 1.807) is 12.1 Å². The average Bonchev–Trinajstić information content (AvgIpc) is 2.26. The lowest BCUT2D eigenvalue weighted by Gasteiger charge is -2.13. The van der Waals surface area contributed by atoms with Crippen LogP contribution in [0.2, 0.25) is 0 Å². The van der Waals surface area contributed by atoms with E-state index in [1.165, 1.54) is 12.1 Å². The van der Waals surface area contributed by atoms with Gasteiger partial charge in [-0.2, -0.15) is 8.42 Å². The molecule has 0 spiro atoms. The van der Waals surface area contributed by atoms with Gasteiger partial charge in [0.05, 0.1) is 17.6 Å². The first kappa shape index (κ1) is 15.1. The van der Waals surface area contributed by atoms with E-state index in [2.05, 4.69) is 0 Å². The molecule has 18 heavy (non-hydrogen) atoms. The maximum absolute atomic E-state index is 11.8. The van der Waals surface area contributed by atoms with Crippen LogP contribution in [0.25, 0.3) is 0 Å². The molecule has 0 radical (unpaired) electrons. The quantitative estimate of drug-likeness (QED) is 0.806. The van der Waals surface area contributed by atoms with Crippen molar-refractivity contribution in [3.8, 4) is 0 Å². The fourth-order valence-corrected chi connectivity index (χ4v) is 2.50. The molecule has 1 aromatic rings. The Balaban J connectivity index is 2.63. The predicted molar refractivity (Wildman–Crippen MR) is 69.8 cm³/mol. The summed E-state index contributed by atoms with van der Waals surface area (Å²) in [6.07, 6.45) is -0.242. The van der Waals surface area contributed by atoms with Crippen molar-refractivity contribution in [2.45, 2.75) is 38.2 Å². The van der Waals surface area contributed by atoms with Crippen molar-refractivity contribution in [3.05, 3.63) is 29.8 Å². The van der Waals surface area contributed by atoms with E-state index < -0.39 is 16.2 Å². The van der Waals surface area contributed by atoms with Crippen molar-refractivity contribution < 1.29 is 17.7 Å². The summed E-state index contributed by atoms with van der Waals surface area (Å²) in [7, 11) is -3.77. The van der Waals surface area contributed by atoms with Gasteiger partial charge in [-0.15, -0.1) is 0 Å². The Morgan fingerprint density at radius 2 is 1.78 bits per heavy atom. The zero-order valence-corrected chi connectivity index (χ0v) is 11.8. The Hall–Kier alpha value is -0.910. The molecule has 1 atom stereocenters. The normalized spacial score (nSPS) is 13.8. The van der Waals surface area contributed by atoms with E-state index in [0.717, 1.165) is 5.56 Å². The second-order valence-electron chi connectivity index (χ2n) is 4.84. The molecular formula is C13H20O4S.